The molecule has 2 aliphatic rings. The minimum atomic E-state index is -0.371. The predicted octanol–water partition coefficient (Wildman–Crippen LogP) is 3.54. The monoisotopic (exact) mass is 485 g/mol. The molecule has 8 heteroatoms. The zero-order valence-electron chi connectivity index (χ0n) is 19.8. The zero-order chi connectivity index (χ0) is 23.1. The van der Waals surface area contributed by atoms with Crippen LogP contribution in [-0.4, -0.2) is 35.9 Å². The van der Waals surface area contributed by atoms with Crippen LogP contribution in [0.2, 0.25) is 0 Å². The SMILES string of the molecule is CCOc1ccc2c(=O)n(CCC3NC[C@@H]4CCc5c(OC)cccc5[C@H]34)c(=O)[nH]c2c1C.Cl. The average Bonchev–Trinajstić information content (AvgIpc) is 3.24. The molecule has 1 aliphatic heterocycles. The fourth-order valence-corrected chi connectivity index (χ4v) is 5.83. The van der Waals surface area contributed by atoms with E-state index in [-0.39, 0.29) is 29.7 Å². The molecule has 3 aromatic rings. The number of nitrogens with one attached hydrogen (secondary N) is 2. The lowest BCUT2D eigenvalue weighted by atomic mass is 9.73. The first kappa shape index (κ1) is 24.4. The Labute approximate surface area is 204 Å². The van der Waals surface area contributed by atoms with Gasteiger partial charge < -0.3 is 19.8 Å². The summed E-state index contributed by atoms with van der Waals surface area (Å²) in [6, 6.07) is 10.1. The normalized spacial score (nSPS) is 21.0. The first-order valence-corrected chi connectivity index (χ1v) is 11.8. The molecule has 0 bridgehead atoms. The Morgan fingerprint density at radius 2 is 1.97 bits per heavy atom. The number of aryl methyl sites for hydroxylation is 1. The first-order valence-electron chi connectivity index (χ1n) is 11.8. The fourth-order valence-electron chi connectivity index (χ4n) is 5.83. The smallest absolute Gasteiger partial charge is 0.328 e. The molecule has 1 aromatic heterocycles. The summed E-state index contributed by atoms with van der Waals surface area (Å²) >= 11 is 0. The van der Waals surface area contributed by atoms with Crippen molar-refractivity contribution in [2.45, 2.75) is 51.6 Å². The number of rotatable bonds is 6. The van der Waals surface area contributed by atoms with Gasteiger partial charge in [0.2, 0.25) is 0 Å². The molecule has 3 atom stereocenters. The Morgan fingerprint density at radius 3 is 2.74 bits per heavy atom. The summed E-state index contributed by atoms with van der Waals surface area (Å²) in [7, 11) is 1.73. The third-order valence-electron chi connectivity index (χ3n) is 7.43. The van der Waals surface area contributed by atoms with E-state index >= 15 is 0 Å². The van der Waals surface area contributed by atoms with E-state index in [9.17, 15) is 9.59 Å². The summed E-state index contributed by atoms with van der Waals surface area (Å²) < 4.78 is 12.6. The molecule has 2 N–H and O–H groups in total. The number of hydrogen-bond acceptors (Lipinski definition) is 5. The molecule has 1 fully saturated rings. The van der Waals surface area contributed by atoms with E-state index in [0.29, 0.717) is 48.1 Å². The van der Waals surface area contributed by atoms with E-state index in [2.05, 4.69) is 22.4 Å². The van der Waals surface area contributed by atoms with Crippen LogP contribution in [0.4, 0.5) is 0 Å². The van der Waals surface area contributed by atoms with Crippen LogP contribution in [-0.2, 0) is 13.0 Å². The van der Waals surface area contributed by atoms with Gasteiger partial charge in [0, 0.05) is 24.1 Å². The number of nitrogens with zero attached hydrogens (tertiary/aromatic N) is 1. The lowest BCUT2D eigenvalue weighted by molar-refractivity contribution is 0.338. The number of H-pyrrole nitrogens is 1. The lowest BCUT2D eigenvalue weighted by Crippen LogP contribution is -2.38. The summed E-state index contributed by atoms with van der Waals surface area (Å²) in [6.45, 7) is 5.64. The highest BCUT2D eigenvalue weighted by molar-refractivity contribution is 5.85. The van der Waals surface area contributed by atoms with Crippen LogP contribution < -0.4 is 26.0 Å². The standard InChI is InChI=1S/C26H31N3O4.ClH/c1-4-33-21-11-10-19-24(15(21)2)28-26(31)29(25(19)30)13-12-20-23-16(14-27-20)8-9-17-18(23)6-5-7-22(17)32-3;/h5-7,10-11,16,20,23,27H,4,8-9,12-14H2,1-3H3,(H,28,31);1H/t16-,20?,23+;/m0./s1. The van der Waals surface area contributed by atoms with Crippen molar-refractivity contribution in [3.05, 3.63) is 67.9 Å². The van der Waals surface area contributed by atoms with Gasteiger partial charge >= 0.3 is 5.69 Å². The Kier molecular flexibility index (Phi) is 7.05. The minimum absolute atomic E-state index is 0. The van der Waals surface area contributed by atoms with Gasteiger partial charge in [0.25, 0.3) is 5.56 Å². The number of fused-ring (bicyclic) bond motifs is 4. The van der Waals surface area contributed by atoms with Gasteiger partial charge in [-0.3, -0.25) is 9.36 Å². The highest BCUT2D eigenvalue weighted by Crippen LogP contribution is 2.45. The molecule has 1 unspecified atom stereocenters. The van der Waals surface area contributed by atoms with Gasteiger partial charge in [-0.1, -0.05) is 12.1 Å². The lowest BCUT2D eigenvalue weighted by Gasteiger charge is -2.32. The summed E-state index contributed by atoms with van der Waals surface area (Å²) in [4.78, 5) is 29.0. The van der Waals surface area contributed by atoms with Crippen molar-refractivity contribution in [3.8, 4) is 11.5 Å². The minimum Gasteiger partial charge on any atom is -0.496 e. The van der Waals surface area contributed by atoms with Crippen LogP contribution >= 0.6 is 12.4 Å². The molecule has 1 aliphatic carbocycles. The molecule has 0 spiro atoms. The number of hydrogen-bond donors (Lipinski definition) is 2. The maximum absolute atomic E-state index is 13.2. The van der Waals surface area contributed by atoms with E-state index in [1.807, 2.05) is 19.9 Å². The molecule has 7 nitrogen and oxygen atoms in total. The molecule has 0 saturated carbocycles. The van der Waals surface area contributed by atoms with E-state index in [1.54, 1.807) is 19.2 Å². The molecule has 5 rings (SSSR count). The van der Waals surface area contributed by atoms with Crippen molar-refractivity contribution in [3.63, 3.8) is 0 Å². The summed E-state index contributed by atoms with van der Waals surface area (Å²) in [5.41, 5.74) is 3.36. The van der Waals surface area contributed by atoms with Crippen molar-refractivity contribution < 1.29 is 9.47 Å². The second-order valence-corrected chi connectivity index (χ2v) is 9.09. The molecule has 2 aromatic carbocycles. The van der Waals surface area contributed by atoms with Crippen molar-refractivity contribution in [2.24, 2.45) is 5.92 Å². The third-order valence-corrected chi connectivity index (χ3v) is 7.43. The molecular weight excluding hydrogens is 454 g/mol. The van der Waals surface area contributed by atoms with Crippen LogP contribution in [0.3, 0.4) is 0 Å². The van der Waals surface area contributed by atoms with Gasteiger partial charge in [-0.15, -0.1) is 12.4 Å². The average molecular weight is 486 g/mol. The Morgan fingerprint density at radius 1 is 1.15 bits per heavy atom. The zero-order valence-corrected chi connectivity index (χ0v) is 20.7. The number of ether oxygens (including phenoxy) is 2. The van der Waals surface area contributed by atoms with Gasteiger partial charge in [0.1, 0.15) is 11.5 Å². The van der Waals surface area contributed by atoms with E-state index in [1.165, 1.54) is 15.7 Å². The van der Waals surface area contributed by atoms with Crippen LogP contribution in [0, 0.1) is 12.8 Å². The largest absolute Gasteiger partial charge is 0.496 e. The predicted molar refractivity (Wildman–Crippen MR) is 136 cm³/mol. The van der Waals surface area contributed by atoms with Crippen molar-refractivity contribution >= 4 is 23.3 Å². The highest BCUT2D eigenvalue weighted by atomic mass is 35.5. The fraction of sp³-hybridized carbons (Fsp3) is 0.462. The number of benzene rings is 2. The van der Waals surface area contributed by atoms with E-state index in [4.69, 9.17) is 9.47 Å². The quantitative estimate of drug-likeness (QED) is 0.558. The Balaban J connectivity index is 0.00000274. The van der Waals surface area contributed by atoms with Crippen LogP contribution in [0.1, 0.15) is 42.4 Å². The Hall–Kier alpha value is -2.77. The van der Waals surface area contributed by atoms with E-state index in [0.717, 1.165) is 30.7 Å². The van der Waals surface area contributed by atoms with Gasteiger partial charge in [-0.25, -0.2) is 4.79 Å². The third kappa shape index (κ3) is 4.01. The summed E-state index contributed by atoms with van der Waals surface area (Å²) in [5.74, 6) is 2.59. The molecule has 0 radical (unpaired) electrons. The maximum Gasteiger partial charge on any atom is 0.328 e. The molecule has 0 amide bonds. The first-order chi connectivity index (χ1) is 16.0. The molecule has 182 valence electrons. The number of aromatic nitrogens is 2. The summed E-state index contributed by atoms with van der Waals surface area (Å²) in [5, 5.41) is 4.18. The number of aromatic amines is 1. The van der Waals surface area contributed by atoms with Crippen molar-refractivity contribution in [1.29, 1.82) is 0 Å². The van der Waals surface area contributed by atoms with Gasteiger partial charge in [0.05, 0.1) is 24.6 Å². The van der Waals surface area contributed by atoms with Crippen molar-refractivity contribution in [1.82, 2.24) is 14.9 Å². The maximum atomic E-state index is 13.2. The van der Waals surface area contributed by atoms with Crippen LogP contribution in [0.25, 0.3) is 10.9 Å². The summed E-state index contributed by atoms with van der Waals surface area (Å²) in [6.07, 6.45) is 2.86. The highest BCUT2D eigenvalue weighted by Gasteiger charge is 2.40. The topological polar surface area (TPSA) is 85.3 Å². The molecule has 1 saturated heterocycles. The second-order valence-electron chi connectivity index (χ2n) is 9.09. The van der Waals surface area contributed by atoms with E-state index < -0.39 is 0 Å². The number of halogens is 1. The van der Waals surface area contributed by atoms with Crippen LogP contribution in [0.15, 0.2) is 39.9 Å². The van der Waals surface area contributed by atoms with Crippen LogP contribution in [0.5, 0.6) is 11.5 Å². The van der Waals surface area contributed by atoms with Gasteiger partial charge in [-0.2, -0.15) is 0 Å². The Bertz CT molecular complexity index is 1320. The molecule has 34 heavy (non-hydrogen) atoms. The molecule has 2 heterocycles. The molecular formula is C26H32ClN3O4. The van der Waals surface area contributed by atoms with Gasteiger partial charge in [0.15, 0.2) is 0 Å². The van der Waals surface area contributed by atoms with Crippen molar-refractivity contribution in [2.75, 3.05) is 20.3 Å². The second kappa shape index (κ2) is 9.84. The van der Waals surface area contributed by atoms with Gasteiger partial charge in [-0.05, 0) is 74.9 Å². The number of methoxy groups -OCH3 is 1.